The van der Waals surface area contributed by atoms with Gasteiger partial charge >= 0.3 is 6.18 Å². The van der Waals surface area contributed by atoms with Gasteiger partial charge in [0.2, 0.25) is 11.8 Å². The first kappa shape index (κ1) is 37.6. The van der Waals surface area contributed by atoms with Gasteiger partial charge in [0.05, 0.1) is 30.0 Å². The van der Waals surface area contributed by atoms with Crippen LogP contribution in [0, 0.1) is 17.8 Å². The third-order valence-corrected chi connectivity index (χ3v) is 10.7. The Bertz CT molecular complexity index is 1880. The number of amides is 3. The van der Waals surface area contributed by atoms with E-state index in [1.165, 1.54) is 12.1 Å². The van der Waals surface area contributed by atoms with Gasteiger partial charge in [-0.05, 0) is 77.9 Å². The zero-order chi connectivity index (χ0) is 37.5. The fourth-order valence-corrected chi connectivity index (χ4v) is 7.90. The molecular formula is C43H47F3N4O3. The minimum Gasteiger partial charge on any atom is -0.369 e. The number of nitrogens with one attached hydrogen (secondary N) is 1. The molecule has 2 aliphatic rings. The van der Waals surface area contributed by atoms with Crippen molar-refractivity contribution in [3.05, 3.63) is 114 Å². The van der Waals surface area contributed by atoms with Gasteiger partial charge in [0.25, 0.3) is 5.91 Å². The number of hydrogen-bond acceptors (Lipinski definition) is 4. The van der Waals surface area contributed by atoms with Crippen molar-refractivity contribution in [2.45, 2.75) is 77.1 Å². The first-order valence-electron chi connectivity index (χ1n) is 18.6. The summed E-state index contributed by atoms with van der Waals surface area (Å²) >= 11 is 0. The molecule has 0 saturated heterocycles. The lowest BCUT2D eigenvalue weighted by molar-refractivity contribution is -0.137. The number of rotatable bonds is 13. The summed E-state index contributed by atoms with van der Waals surface area (Å²) in [5.74, 6) is -2.11. The second-order valence-electron chi connectivity index (χ2n) is 14.3. The average Bonchev–Trinajstić information content (AvgIpc) is 3.65. The number of halogens is 3. The fraction of sp³-hybridized carbons (Fsp3) is 0.372. The highest BCUT2D eigenvalue weighted by molar-refractivity contribution is 6.04. The van der Waals surface area contributed by atoms with Gasteiger partial charge in [-0.2, -0.15) is 13.2 Å². The van der Waals surface area contributed by atoms with Crippen LogP contribution in [0.15, 0.2) is 103 Å². The van der Waals surface area contributed by atoms with Gasteiger partial charge in [-0.25, -0.2) is 0 Å². The molecule has 1 heterocycles. The summed E-state index contributed by atoms with van der Waals surface area (Å²) in [7, 11) is 0. The number of unbranched alkanes of at least 4 members (excludes halogenated alkanes) is 1. The molecule has 0 spiro atoms. The molecule has 6 rings (SSSR count). The molecule has 1 unspecified atom stereocenters. The van der Waals surface area contributed by atoms with E-state index in [-0.39, 0.29) is 24.9 Å². The lowest BCUT2D eigenvalue weighted by atomic mass is 9.80. The summed E-state index contributed by atoms with van der Waals surface area (Å²) in [6.07, 6.45) is 2.44. The molecule has 278 valence electrons. The largest absolute Gasteiger partial charge is 0.416 e. The van der Waals surface area contributed by atoms with Crippen molar-refractivity contribution in [2.75, 3.05) is 16.3 Å². The van der Waals surface area contributed by atoms with Gasteiger partial charge in [0.1, 0.15) is 6.04 Å². The van der Waals surface area contributed by atoms with Gasteiger partial charge in [0, 0.05) is 17.5 Å². The predicted octanol–water partition coefficient (Wildman–Crippen LogP) is 9.03. The van der Waals surface area contributed by atoms with Crippen LogP contribution in [0.4, 0.5) is 30.2 Å². The molecule has 1 fully saturated rings. The van der Waals surface area contributed by atoms with Crippen LogP contribution in [-0.2, 0) is 27.1 Å². The van der Waals surface area contributed by atoms with E-state index < -0.39 is 35.5 Å². The lowest BCUT2D eigenvalue weighted by Gasteiger charge is -2.30. The number of benzene rings is 4. The maximum absolute atomic E-state index is 14.8. The molecule has 1 aliphatic heterocycles. The summed E-state index contributed by atoms with van der Waals surface area (Å²) in [6.45, 7) is 2.34. The Balaban J connectivity index is 1.36. The lowest BCUT2D eigenvalue weighted by Crippen LogP contribution is -2.54. The molecule has 0 radical (unpaired) electrons. The molecule has 4 aromatic rings. The summed E-state index contributed by atoms with van der Waals surface area (Å²) in [5, 5.41) is 3.13. The second kappa shape index (κ2) is 16.7. The van der Waals surface area contributed by atoms with Crippen LogP contribution in [0.3, 0.4) is 0 Å². The normalized spacial score (nSPS) is 17.6. The highest BCUT2D eigenvalue weighted by atomic mass is 19.4. The first-order chi connectivity index (χ1) is 25.5. The molecule has 3 atom stereocenters. The summed E-state index contributed by atoms with van der Waals surface area (Å²) < 4.78 is 39.8. The minimum absolute atomic E-state index is 0.144. The van der Waals surface area contributed by atoms with Gasteiger partial charge in [0.15, 0.2) is 0 Å². The van der Waals surface area contributed by atoms with Crippen molar-refractivity contribution in [1.29, 1.82) is 0 Å². The highest BCUT2D eigenvalue weighted by Crippen LogP contribution is 2.39. The summed E-state index contributed by atoms with van der Waals surface area (Å²) in [4.78, 5) is 45.9. The third-order valence-electron chi connectivity index (χ3n) is 10.7. The first-order valence-corrected chi connectivity index (χ1v) is 18.6. The standard InChI is InChI=1S/C43H47F3N4O3/c1-2-3-18-35(40(47)51)36(26-29-12-7-8-13-29)41(52)48-37-28-49(34-16-5-4-6-17-34)38-19-9-10-20-39(38)50(42(37)53)27-30-14-11-15-32(25-30)31-21-23-33(24-22-31)43(44,45)46/h4-6,9-11,14-17,19-25,29,35-37H,2-3,7-8,12-13,18,26-28H2,1H3,(H2,47,51)(H,48,52)/t35-,36+,37?/m0/s1. The number of primary amides is 1. The van der Waals surface area contributed by atoms with Gasteiger partial charge in [-0.3, -0.25) is 14.4 Å². The zero-order valence-corrected chi connectivity index (χ0v) is 30.0. The zero-order valence-electron chi connectivity index (χ0n) is 30.0. The Labute approximate surface area is 309 Å². The van der Waals surface area contributed by atoms with E-state index in [0.717, 1.165) is 67.6 Å². The Hall–Kier alpha value is -5.12. The molecule has 4 aromatic carbocycles. The van der Waals surface area contributed by atoms with E-state index in [4.69, 9.17) is 5.73 Å². The van der Waals surface area contributed by atoms with Crippen molar-refractivity contribution < 1.29 is 27.6 Å². The van der Waals surface area contributed by atoms with Gasteiger partial charge in [-0.1, -0.05) is 106 Å². The van der Waals surface area contributed by atoms with Crippen LogP contribution in [0.5, 0.6) is 0 Å². The maximum atomic E-state index is 14.8. The van der Waals surface area contributed by atoms with Crippen molar-refractivity contribution in [3.63, 3.8) is 0 Å². The van der Waals surface area contributed by atoms with Crippen LogP contribution >= 0.6 is 0 Å². The molecule has 0 bridgehead atoms. The molecule has 0 aromatic heterocycles. The Morgan fingerprint density at radius 1 is 0.849 bits per heavy atom. The predicted molar refractivity (Wildman–Crippen MR) is 202 cm³/mol. The van der Waals surface area contributed by atoms with E-state index in [2.05, 4.69) is 5.32 Å². The smallest absolute Gasteiger partial charge is 0.369 e. The van der Waals surface area contributed by atoms with Crippen molar-refractivity contribution >= 4 is 34.8 Å². The topological polar surface area (TPSA) is 95.7 Å². The maximum Gasteiger partial charge on any atom is 0.416 e. The van der Waals surface area contributed by atoms with Crippen LogP contribution in [-0.4, -0.2) is 30.3 Å². The Morgan fingerprint density at radius 3 is 2.19 bits per heavy atom. The molecule has 3 amide bonds. The Kier molecular flexibility index (Phi) is 11.9. The van der Waals surface area contributed by atoms with E-state index in [9.17, 15) is 27.6 Å². The van der Waals surface area contributed by atoms with Crippen LogP contribution in [0.2, 0.25) is 0 Å². The molecule has 1 aliphatic carbocycles. The SMILES string of the molecule is CCCC[C@H](C(N)=O)[C@@H](CC1CCCC1)C(=O)NC1CN(c2ccccc2)c2ccccc2N(Cc2cccc(-c3ccc(C(F)(F)F)cc3)c2)C1=O. The quantitative estimate of drug-likeness (QED) is 0.144. The molecule has 1 saturated carbocycles. The number of alkyl halides is 3. The number of carbonyl (C=O) groups is 3. The third kappa shape index (κ3) is 8.92. The molecular weight excluding hydrogens is 677 g/mol. The number of anilines is 3. The molecule has 53 heavy (non-hydrogen) atoms. The number of nitrogens with two attached hydrogens (primary N) is 1. The van der Waals surface area contributed by atoms with E-state index in [1.54, 1.807) is 4.90 Å². The molecule has 7 nitrogen and oxygen atoms in total. The number of carbonyl (C=O) groups excluding carboxylic acids is 3. The number of nitrogens with zero attached hydrogens (tertiary/aromatic N) is 2. The second-order valence-corrected chi connectivity index (χ2v) is 14.3. The van der Waals surface area contributed by atoms with E-state index in [0.29, 0.717) is 35.6 Å². The molecule has 10 heteroatoms. The Morgan fingerprint density at radius 2 is 1.53 bits per heavy atom. The van der Waals surface area contributed by atoms with E-state index in [1.807, 2.05) is 90.7 Å². The van der Waals surface area contributed by atoms with Crippen LogP contribution in [0.1, 0.15) is 69.4 Å². The van der Waals surface area contributed by atoms with Crippen LogP contribution < -0.4 is 20.9 Å². The van der Waals surface area contributed by atoms with Crippen molar-refractivity contribution in [2.24, 2.45) is 23.5 Å². The average molecular weight is 725 g/mol. The van der Waals surface area contributed by atoms with Gasteiger partial charge < -0.3 is 20.9 Å². The minimum atomic E-state index is -4.44. The van der Waals surface area contributed by atoms with Crippen molar-refractivity contribution in [1.82, 2.24) is 5.32 Å². The number of fused-ring (bicyclic) bond motifs is 1. The monoisotopic (exact) mass is 724 g/mol. The van der Waals surface area contributed by atoms with E-state index >= 15 is 0 Å². The summed E-state index contributed by atoms with van der Waals surface area (Å²) in [6, 6.07) is 28.7. The number of para-hydroxylation sites is 3. The summed E-state index contributed by atoms with van der Waals surface area (Å²) in [5.41, 5.74) is 9.61. The number of hydrogen-bond donors (Lipinski definition) is 2. The highest BCUT2D eigenvalue weighted by Gasteiger charge is 2.40. The fourth-order valence-electron chi connectivity index (χ4n) is 7.90. The van der Waals surface area contributed by atoms with Crippen LogP contribution in [0.25, 0.3) is 11.1 Å². The van der Waals surface area contributed by atoms with Gasteiger partial charge in [-0.15, -0.1) is 0 Å². The molecule has 3 N–H and O–H groups in total. The van der Waals surface area contributed by atoms with Crippen molar-refractivity contribution in [3.8, 4) is 11.1 Å².